The Hall–Kier alpha value is -1.56. The predicted molar refractivity (Wildman–Crippen MR) is 98.3 cm³/mol. The van der Waals surface area contributed by atoms with Crippen LogP contribution in [-0.4, -0.2) is 38.9 Å². The normalized spacial score (nSPS) is 16.4. The molecule has 0 N–H and O–H groups in total. The first-order valence-corrected chi connectivity index (χ1v) is 9.79. The maximum absolute atomic E-state index is 12.8. The first-order chi connectivity index (χ1) is 11.4. The summed E-state index contributed by atoms with van der Waals surface area (Å²) in [6, 6.07) is 12.8. The van der Waals surface area contributed by atoms with Crippen LogP contribution in [0.3, 0.4) is 0 Å². The van der Waals surface area contributed by atoms with Crippen LogP contribution in [0.4, 0.5) is 5.69 Å². The van der Waals surface area contributed by atoms with Crippen LogP contribution >= 0.6 is 11.6 Å². The molecule has 6 heteroatoms. The number of hydrogen-bond donors (Lipinski definition) is 0. The zero-order valence-corrected chi connectivity index (χ0v) is 15.4. The second-order valence-electron chi connectivity index (χ2n) is 6.06. The van der Waals surface area contributed by atoms with E-state index in [0.29, 0.717) is 26.2 Å². The van der Waals surface area contributed by atoms with E-state index in [1.54, 1.807) is 24.3 Å². The van der Waals surface area contributed by atoms with E-state index in [1.807, 2.05) is 6.07 Å². The number of aryl methyl sites for hydroxylation is 2. The molecule has 0 radical (unpaired) electrons. The Morgan fingerprint density at radius 1 is 0.875 bits per heavy atom. The van der Waals surface area contributed by atoms with Crippen LogP contribution in [-0.2, 0) is 10.0 Å². The van der Waals surface area contributed by atoms with Crippen molar-refractivity contribution in [3.63, 3.8) is 0 Å². The fourth-order valence-electron chi connectivity index (χ4n) is 3.25. The number of rotatable bonds is 3. The van der Waals surface area contributed by atoms with Gasteiger partial charge in [0.2, 0.25) is 10.0 Å². The Bertz CT molecular complexity index is 824. The van der Waals surface area contributed by atoms with Crippen molar-refractivity contribution in [2.75, 3.05) is 31.1 Å². The number of halogens is 1. The predicted octanol–water partition coefficient (Wildman–Crippen LogP) is 3.47. The standard InChI is InChI=1S/C18H21ClN2O2S/c1-14-6-5-7-15(2)18(14)20-10-12-21(13-11-20)24(22,23)17-9-4-3-8-16(17)19/h3-9H,10-13H2,1-2H3. The molecule has 3 rings (SSSR count). The highest BCUT2D eigenvalue weighted by atomic mass is 35.5. The van der Waals surface area contributed by atoms with Crippen LogP contribution in [0.25, 0.3) is 0 Å². The third-order valence-electron chi connectivity index (χ3n) is 4.45. The van der Waals surface area contributed by atoms with Crippen LogP contribution in [0.15, 0.2) is 47.4 Å². The molecule has 2 aromatic carbocycles. The molecule has 1 aliphatic rings. The van der Waals surface area contributed by atoms with Crippen LogP contribution in [0.1, 0.15) is 11.1 Å². The van der Waals surface area contributed by atoms with Gasteiger partial charge in [0.15, 0.2) is 0 Å². The van der Waals surface area contributed by atoms with Gasteiger partial charge in [0.1, 0.15) is 4.90 Å². The van der Waals surface area contributed by atoms with Gasteiger partial charge in [-0.25, -0.2) is 8.42 Å². The van der Waals surface area contributed by atoms with Crippen molar-refractivity contribution in [1.29, 1.82) is 0 Å². The highest BCUT2D eigenvalue weighted by Gasteiger charge is 2.30. The minimum absolute atomic E-state index is 0.187. The third-order valence-corrected chi connectivity index (χ3v) is 6.85. The van der Waals surface area contributed by atoms with E-state index in [9.17, 15) is 8.42 Å². The molecule has 1 heterocycles. The Morgan fingerprint density at radius 3 is 2.04 bits per heavy atom. The number of piperazine rings is 1. The monoisotopic (exact) mass is 364 g/mol. The van der Waals surface area contributed by atoms with Gasteiger partial charge in [-0.15, -0.1) is 0 Å². The van der Waals surface area contributed by atoms with Gasteiger partial charge in [0, 0.05) is 31.9 Å². The lowest BCUT2D eigenvalue weighted by Gasteiger charge is -2.37. The van der Waals surface area contributed by atoms with E-state index >= 15 is 0 Å². The molecule has 0 aliphatic carbocycles. The second-order valence-corrected chi connectivity index (χ2v) is 8.38. The molecule has 128 valence electrons. The molecule has 0 spiro atoms. The fraction of sp³-hybridized carbons (Fsp3) is 0.333. The smallest absolute Gasteiger partial charge is 0.244 e. The van der Waals surface area contributed by atoms with Gasteiger partial charge in [0.25, 0.3) is 0 Å². The van der Waals surface area contributed by atoms with Gasteiger partial charge in [-0.2, -0.15) is 4.31 Å². The molecular weight excluding hydrogens is 344 g/mol. The molecule has 0 amide bonds. The van der Waals surface area contributed by atoms with Crippen molar-refractivity contribution in [3.05, 3.63) is 58.6 Å². The SMILES string of the molecule is Cc1cccc(C)c1N1CCN(S(=O)(=O)c2ccccc2Cl)CC1. The summed E-state index contributed by atoms with van der Waals surface area (Å²) in [5, 5.41) is 0.273. The van der Waals surface area contributed by atoms with E-state index in [0.717, 1.165) is 0 Å². The van der Waals surface area contributed by atoms with Gasteiger partial charge in [-0.3, -0.25) is 0 Å². The Balaban J connectivity index is 1.79. The van der Waals surface area contributed by atoms with Crippen molar-refractivity contribution in [2.24, 2.45) is 0 Å². The van der Waals surface area contributed by atoms with Gasteiger partial charge in [-0.05, 0) is 37.1 Å². The first kappa shape index (κ1) is 17.3. The number of benzene rings is 2. The van der Waals surface area contributed by atoms with Crippen LogP contribution in [0.2, 0.25) is 5.02 Å². The van der Waals surface area contributed by atoms with Gasteiger partial charge in [0.05, 0.1) is 5.02 Å². The molecule has 4 nitrogen and oxygen atoms in total. The molecular formula is C18H21ClN2O2S. The number of nitrogens with zero attached hydrogens (tertiary/aromatic N) is 2. The maximum Gasteiger partial charge on any atom is 0.244 e. The Morgan fingerprint density at radius 2 is 1.46 bits per heavy atom. The molecule has 1 saturated heterocycles. The zero-order valence-electron chi connectivity index (χ0n) is 13.9. The Labute approximate surface area is 148 Å². The van der Waals surface area contributed by atoms with Crippen molar-refractivity contribution in [3.8, 4) is 0 Å². The molecule has 2 aromatic rings. The number of anilines is 1. The van der Waals surface area contributed by atoms with Gasteiger partial charge in [-0.1, -0.05) is 41.9 Å². The lowest BCUT2D eigenvalue weighted by atomic mass is 10.1. The zero-order chi connectivity index (χ0) is 17.3. The maximum atomic E-state index is 12.8. The summed E-state index contributed by atoms with van der Waals surface area (Å²) in [4.78, 5) is 2.45. The Kier molecular flexibility index (Phi) is 4.85. The van der Waals surface area contributed by atoms with E-state index in [-0.39, 0.29) is 9.92 Å². The molecule has 0 bridgehead atoms. The summed E-state index contributed by atoms with van der Waals surface area (Å²) in [5.74, 6) is 0. The topological polar surface area (TPSA) is 40.6 Å². The van der Waals surface area contributed by atoms with E-state index < -0.39 is 10.0 Å². The summed E-state index contributed by atoms with van der Waals surface area (Å²) < 4.78 is 27.1. The van der Waals surface area contributed by atoms with Crippen molar-refractivity contribution in [1.82, 2.24) is 4.31 Å². The lowest BCUT2D eigenvalue weighted by Crippen LogP contribution is -2.49. The van der Waals surface area contributed by atoms with Crippen LogP contribution in [0.5, 0.6) is 0 Å². The highest BCUT2D eigenvalue weighted by molar-refractivity contribution is 7.89. The highest BCUT2D eigenvalue weighted by Crippen LogP contribution is 2.28. The quantitative estimate of drug-likeness (QED) is 0.837. The molecule has 24 heavy (non-hydrogen) atoms. The number of para-hydroxylation sites is 1. The van der Waals surface area contributed by atoms with Gasteiger partial charge < -0.3 is 4.90 Å². The fourth-order valence-corrected chi connectivity index (χ4v) is 5.16. The van der Waals surface area contributed by atoms with Crippen molar-refractivity contribution in [2.45, 2.75) is 18.7 Å². The summed E-state index contributed by atoms with van der Waals surface area (Å²) in [7, 11) is -3.54. The minimum atomic E-state index is -3.54. The average Bonchev–Trinajstić information content (AvgIpc) is 2.55. The molecule has 1 fully saturated rings. The number of sulfonamides is 1. The average molecular weight is 365 g/mol. The van der Waals surface area contributed by atoms with E-state index in [4.69, 9.17) is 11.6 Å². The third kappa shape index (κ3) is 3.16. The van der Waals surface area contributed by atoms with E-state index in [2.05, 4.69) is 30.9 Å². The summed E-state index contributed by atoms with van der Waals surface area (Å²) in [5.41, 5.74) is 3.65. The largest absolute Gasteiger partial charge is 0.368 e. The summed E-state index contributed by atoms with van der Waals surface area (Å²) in [6.45, 7) is 6.46. The molecule has 0 saturated carbocycles. The van der Waals surface area contributed by atoms with E-state index in [1.165, 1.54) is 21.1 Å². The molecule has 1 aliphatic heterocycles. The molecule has 0 unspecified atom stereocenters. The minimum Gasteiger partial charge on any atom is -0.368 e. The number of hydrogen-bond acceptors (Lipinski definition) is 3. The second kappa shape index (κ2) is 6.75. The molecule has 0 aromatic heterocycles. The summed E-state index contributed by atoms with van der Waals surface area (Å²) in [6.07, 6.45) is 0. The molecule has 0 atom stereocenters. The van der Waals surface area contributed by atoms with Crippen LogP contribution in [0, 0.1) is 13.8 Å². The summed E-state index contributed by atoms with van der Waals surface area (Å²) >= 11 is 6.08. The van der Waals surface area contributed by atoms with Crippen LogP contribution < -0.4 is 4.90 Å². The van der Waals surface area contributed by atoms with Gasteiger partial charge >= 0.3 is 0 Å². The van der Waals surface area contributed by atoms with Crippen molar-refractivity contribution < 1.29 is 8.42 Å². The lowest BCUT2D eigenvalue weighted by molar-refractivity contribution is 0.384. The first-order valence-electron chi connectivity index (χ1n) is 7.97. The van der Waals surface area contributed by atoms with Crippen molar-refractivity contribution >= 4 is 27.3 Å².